The third-order valence-corrected chi connectivity index (χ3v) is 4.05. The van der Waals surface area contributed by atoms with E-state index in [2.05, 4.69) is 19.9 Å². The molecule has 0 unspecified atom stereocenters. The van der Waals surface area contributed by atoms with E-state index in [9.17, 15) is 4.79 Å². The van der Waals surface area contributed by atoms with E-state index >= 15 is 0 Å². The molecule has 0 spiro atoms. The average Bonchev–Trinajstić information content (AvgIpc) is 2.61. The molecule has 122 valence electrons. The summed E-state index contributed by atoms with van der Waals surface area (Å²) in [5, 5.41) is 0. The Hall–Kier alpha value is -2.09. The van der Waals surface area contributed by atoms with E-state index in [1.54, 1.807) is 0 Å². The van der Waals surface area contributed by atoms with E-state index in [1.807, 2.05) is 42.5 Å². The van der Waals surface area contributed by atoms with Crippen LogP contribution in [0.15, 0.2) is 48.5 Å². The molecule has 0 amide bonds. The first-order chi connectivity index (χ1) is 11.3. The Labute approximate surface area is 139 Å². The zero-order valence-corrected chi connectivity index (χ0v) is 14.2. The number of ether oxygens (including phenoxy) is 1. The highest BCUT2D eigenvalue weighted by atomic mass is 16.5. The summed E-state index contributed by atoms with van der Waals surface area (Å²) in [5.74, 6) is -0.212. The maximum Gasteiger partial charge on any atom is 0.338 e. The van der Waals surface area contributed by atoms with E-state index < -0.39 is 0 Å². The van der Waals surface area contributed by atoms with Gasteiger partial charge in [0.1, 0.15) is 0 Å². The van der Waals surface area contributed by atoms with Gasteiger partial charge in [-0.15, -0.1) is 0 Å². The molecule has 0 aliphatic carbocycles. The summed E-state index contributed by atoms with van der Waals surface area (Å²) in [6.45, 7) is 4.79. The fourth-order valence-corrected chi connectivity index (χ4v) is 2.78. The maximum absolute atomic E-state index is 12.5. The van der Waals surface area contributed by atoms with Gasteiger partial charge in [-0.1, -0.05) is 75.6 Å². The third kappa shape index (κ3) is 4.69. The van der Waals surface area contributed by atoms with E-state index in [-0.39, 0.29) is 5.97 Å². The van der Waals surface area contributed by atoms with Gasteiger partial charge in [0.2, 0.25) is 0 Å². The van der Waals surface area contributed by atoms with Crippen LogP contribution < -0.4 is 0 Å². The van der Waals surface area contributed by atoms with Gasteiger partial charge in [0.25, 0.3) is 0 Å². The molecule has 0 saturated heterocycles. The van der Waals surface area contributed by atoms with Crippen molar-refractivity contribution in [1.82, 2.24) is 0 Å². The largest absolute Gasteiger partial charge is 0.462 e. The highest BCUT2D eigenvalue weighted by molar-refractivity contribution is 5.98. The van der Waals surface area contributed by atoms with Crippen LogP contribution in [-0.4, -0.2) is 12.6 Å². The lowest BCUT2D eigenvalue weighted by Crippen LogP contribution is -2.09. The molecule has 0 aromatic heterocycles. The number of hydrogen-bond acceptors (Lipinski definition) is 2. The fraction of sp³-hybridized carbons (Fsp3) is 0.381. The summed E-state index contributed by atoms with van der Waals surface area (Å²) in [4.78, 5) is 12.5. The molecular formula is C21H26O2. The predicted molar refractivity (Wildman–Crippen MR) is 95.7 cm³/mol. The maximum atomic E-state index is 12.5. The minimum atomic E-state index is -0.212. The Morgan fingerprint density at radius 1 is 0.913 bits per heavy atom. The van der Waals surface area contributed by atoms with Crippen LogP contribution in [-0.2, 0) is 11.2 Å². The van der Waals surface area contributed by atoms with Crippen LogP contribution in [0.25, 0.3) is 11.1 Å². The summed E-state index contributed by atoms with van der Waals surface area (Å²) in [7, 11) is 0. The molecule has 23 heavy (non-hydrogen) atoms. The molecule has 0 aliphatic rings. The van der Waals surface area contributed by atoms with Gasteiger partial charge in [-0.05, 0) is 35.6 Å². The Morgan fingerprint density at radius 3 is 2.39 bits per heavy atom. The zero-order valence-electron chi connectivity index (χ0n) is 14.2. The average molecular weight is 310 g/mol. The SMILES string of the molecule is CCCCCCOC(=O)c1cccc(CC)c1-c1ccccc1. The second kappa shape index (κ2) is 9.14. The first-order valence-electron chi connectivity index (χ1n) is 8.62. The second-order valence-electron chi connectivity index (χ2n) is 5.76. The highest BCUT2D eigenvalue weighted by Gasteiger charge is 2.16. The Balaban J connectivity index is 2.20. The summed E-state index contributed by atoms with van der Waals surface area (Å²) in [6, 6.07) is 16.0. The topological polar surface area (TPSA) is 26.3 Å². The molecule has 0 atom stereocenters. The summed E-state index contributed by atoms with van der Waals surface area (Å²) >= 11 is 0. The minimum Gasteiger partial charge on any atom is -0.462 e. The molecule has 2 heteroatoms. The molecule has 2 nitrogen and oxygen atoms in total. The van der Waals surface area contributed by atoms with Gasteiger partial charge in [-0.3, -0.25) is 0 Å². The van der Waals surface area contributed by atoms with E-state index in [1.165, 1.54) is 18.4 Å². The quantitative estimate of drug-likeness (QED) is 0.465. The van der Waals surface area contributed by atoms with Crippen LogP contribution in [0, 0.1) is 0 Å². The third-order valence-electron chi connectivity index (χ3n) is 4.05. The minimum absolute atomic E-state index is 0.212. The summed E-state index contributed by atoms with van der Waals surface area (Å²) in [6.07, 6.45) is 5.32. The Morgan fingerprint density at radius 2 is 1.70 bits per heavy atom. The van der Waals surface area contributed by atoms with Gasteiger partial charge in [0.15, 0.2) is 0 Å². The standard InChI is InChI=1S/C21H26O2/c1-3-5-6-10-16-23-21(22)19-15-11-14-17(4-2)20(19)18-12-8-7-9-13-18/h7-9,11-15H,3-6,10,16H2,1-2H3. The number of unbranched alkanes of at least 4 members (excludes halogenated alkanes) is 3. The molecular weight excluding hydrogens is 284 g/mol. The highest BCUT2D eigenvalue weighted by Crippen LogP contribution is 2.29. The predicted octanol–water partition coefficient (Wildman–Crippen LogP) is 5.65. The van der Waals surface area contributed by atoms with Crippen LogP contribution in [0.4, 0.5) is 0 Å². The van der Waals surface area contributed by atoms with E-state index in [4.69, 9.17) is 4.74 Å². The molecule has 0 fully saturated rings. The lowest BCUT2D eigenvalue weighted by atomic mass is 9.93. The van der Waals surface area contributed by atoms with Gasteiger partial charge in [-0.2, -0.15) is 0 Å². The molecule has 0 bridgehead atoms. The van der Waals surface area contributed by atoms with E-state index in [0.717, 1.165) is 30.4 Å². The van der Waals surface area contributed by atoms with Crippen molar-refractivity contribution >= 4 is 5.97 Å². The van der Waals surface area contributed by atoms with Crippen molar-refractivity contribution in [3.8, 4) is 11.1 Å². The van der Waals surface area contributed by atoms with E-state index in [0.29, 0.717) is 12.2 Å². The first-order valence-corrected chi connectivity index (χ1v) is 8.62. The van der Waals surface area contributed by atoms with Gasteiger partial charge in [-0.25, -0.2) is 4.79 Å². The molecule has 0 N–H and O–H groups in total. The number of benzene rings is 2. The van der Waals surface area contributed by atoms with Crippen LogP contribution in [0.2, 0.25) is 0 Å². The monoisotopic (exact) mass is 310 g/mol. The molecule has 2 rings (SSSR count). The number of carbonyl (C=O) groups is 1. The molecule has 2 aromatic rings. The van der Waals surface area contributed by atoms with Gasteiger partial charge in [0.05, 0.1) is 12.2 Å². The fourth-order valence-electron chi connectivity index (χ4n) is 2.78. The van der Waals surface area contributed by atoms with Crippen molar-refractivity contribution in [2.45, 2.75) is 46.0 Å². The van der Waals surface area contributed by atoms with Gasteiger partial charge >= 0.3 is 5.97 Å². The van der Waals surface area contributed by atoms with Crippen molar-refractivity contribution < 1.29 is 9.53 Å². The molecule has 0 radical (unpaired) electrons. The first kappa shape index (κ1) is 17.3. The number of esters is 1. The summed E-state index contributed by atoms with van der Waals surface area (Å²) < 4.78 is 5.50. The van der Waals surface area contributed by atoms with Crippen LogP contribution in [0.5, 0.6) is 0 Å². The van der Waals surface area contributed by atoms with Crippen LogP contribution >= 0.6 is 0 Å². The Bertz CT molecular complexity index is 617. The number of aryl methyl sites for hydroxylation is 1. The number of carbonyl (C=O) groups excluding carboxylic acids is 1. The van der Waals surface area contributed by atoms with Crippen LogP contribution in [0.3, 0.4) is 0 Å². The normalized spacial score (nSPS) is 10.5. The van der Waals surface area contributed by atoms with Gasteiger partial charge in [0, 0.05) is 0 Å². The lowest BCUT2D eigenvalue weighted by Gasteiger charge is -2.14. The molecule has 2 aromatic carbocycles. The van der Waals surface area contributed by atoms with Crippen molar-refractivity contribution in [2.75, 3.05) is 6.61 Å². The lowest BCUT2D eigenvalue weighted by molar-refractivity contribution is 0.0498. The van der Waals surface area contributed by atoms with Gasteiger partial charge < -0.3 is 4.74 Å². The van der Waals surface area contributed by atoms with Crippen LogP contribution in [0.1, 0.15) is 55.5 Å². The van der Waals surface area contributed by atoms with Crippen molar-refractivity contribution in [1.29, 1.82) is 0 Å². The van der Waals surface area contributed by atoms with Crippen molar-refractivity contribution in [3.05, 3.63) is 59.7 Å². The molecule has 0 heterocycles. The van der Waals surface area contributed by atoms with Crippen molar-refractivity contribution in [2.24, 2.45) is 0 Å². The Kier molecular flexibility index (Phi) is 6.86. The van der Waals surface area contributed by atoms with Crippen molar-refractivity contribution in [3.63, 3.8) is 0 Å². The summed E-state index contributed by atoms with van der Waals surface area (Å²) in [5.41, 5.74) is 3.93. The molecule has 0 aliphatic heterocycles. The zero-order chi connectivity index (χ0) is 16.5. The number of rotatable bonds is 8. The second-order valence-corrected chi connectivity index (χ2v) is 5.76. The smallest absolute Gasteiger partial charge is 0.338 e. The number of hydrogen-bond donors (Lipinski definition) is 0. The molecule has 0 saturated carbocycles.